The molecule has 0 saturated carbocycles. The average Bonchev–Trinajstić information content (AvgIpc) is 2.37. The van der Waals surface area contributed by atoms with E-state index in [4.69, 9.17) is 4.74 Å². The lowest BCUT2D eigenvalue weighted by atomic mass is 10.1. The summed E-state index contributed by atoms with van der Waals surface area (Å²) in [6, 6.07) is 0. The fourth-order valence-electron chi connectivity index (χ4n) is 0.817. The zero-order valence-corrected chi connectivity index (χ0v) is 5.00. The molecule has 0 bridgehead atoms. The summed E-state index contributed by atoms with van der Waals surface area (Å²) in [6.45, 7) is 1.09. The molecule has 4 nitrogen and oxygen atoms in total. The van der Waals surface area contributed by atoms with E-state index in [-0.39, 0.29) is 11.9 Å². The zero-order valence-electron chi connectivity index (χ0n) is 5.00. The summed E-state index contributed by atoms with van der Waals surface area (Å²) < 4.78 is 4.92. The molecule has 0 amide bonds. The van der Waals surface area contributed by atoms with Crippen LogP contribution in [-0.2, 0) is 14.4 Å². The minimum Gasteiger partial charge on any atom is -0.381 e. The van der Waals surface area contributed by atoms with E-state index >= 15 is 0 Å². The van der Waals surface area contributed by atoms with Gasteiger partial charge in [0.1, 0.15) is 0 Å². The number of nitrogens with two attached hydrogens (primary N) is 1. The van der Waals surface area contributed by atoms with E-state index in [1.54, 1.807) is 0 Å². The third-order valence-electron chi connectivity index (χ3n) is 1.38. The minimum atomic E-state index is -0.368. The second kappa shape index (κ2) is 2.80. The molecule has 1 rings (SSSR count). The van der Waals surface area contributed by atoms with Gasteiger partial charge in [-0.15, -0.1) is 0 Å². The van der Waals surface area contributed by atoms with E-state index in [2.05, 4.69) is 10.7 Å². The standard InChI is InChI=1S/C5H9NO3/c6-9-5(7)4-1-2-8-3-4/h4H,1-3,6H2. The Bertz CT molecular complexity index is 109. The molecule has 1 saturated heterocycles. The van der Waals surface area contributed by atoms with Crippen molar-refractivity contribution in [1.29, 1.82) is 0 Å². The van der Waals surface area contributed by atoms with E-state index in [0.29, 0.717) is 13.2 Å². The van der Waals surface area contributed by atoms with Crippen LogP contribution in [0.15, 0.2) is 0 Å². The van der Waals surface area contributed by atoms with Gasteiger partial charge in [-0.3, -0.25) is 0 Å². The first-order chi connectivity index (χ1) is 4.34. The molecule has 1 aliphatic heterocycles. The molecule has 2 N–H and O–H groups in total. The van der Waals surface area contributed by atoms with E-state index in [1.165, 1.54) is 0 Å². The zero-order chi connectivity index (χ0) is 6.69. The number of carbonyl (C=O) groups is 1. The van der Waals surface area contributed by atoms with Gasteiger partial charge < -0.3 is 9.57 Å². The Morgan fingerprint density at radius 3 is 3.00 bits per heavy atom. The lowest BCUT2D eigenvalue weighted by molar-refractivity contribution is -0.149. The highest BCUT2D eigenvalue weighted by atomic mass is 16.7. The Hall–Kier alpha value is -0.610. The van der Waals surface area contributed by atoms with Gasteiger partial charge in [0, 0.05) is 6.61 Å². The van der Waals surface area contributed by atoms with Crippen molar-refractivity contribution in [2.75, 3.05) is 13.2 Å². The summed E-state index contributed by atoms with van der Waals surface area (Å²) in [5.41, 5.74) is 0. The molecule has 1 heterocycles. The van der Waals surface area contributed by atoms with Gasteiger partial charge in [0.15, 0.2) is 0 Å². The first kappa shape index (κ1) is 6.51. The van der Waals surface area contributed by atoms with Crippen LogP contribution in [0.1, 0.15) is 6.42 Å². The fraction of sp³-hybridized carbons (Fsp3) is 0.800. The van der Waals surface area contributed by atoms with Gasteiger partial charge in [-0.1, -0.05) is 0 Å². The molecule has 0 radical (unpaired) electrons. The highest BCUT2D eigenvalue weighted by Crippen LogP contribution is 2.12. The molecule has 1 unspecified atom stereocenters. The number of hydrogen-bond acceptors (Lipinski definition) is 4. The third-order valence-corrected chi connectivity index (χ3v) is 1.38. The molecule has 1 fully saturated rings. The van der Waals surface area contributed by atoms with Gasteiger partial charge in [-0.25, -0.2) is 4.79 Å². The first-order valence-corrected chi connectivity index (χ1v) is 2.83. The molecule has 9 heavy (non-hydrogen) atoms. The first-order valence-electron chi connectivity index (χ1n) is 2.83. The van der Waals surface area contributed by atoms with Crippen molar-refractivity contribution in [1.82, 2.24) is 0 Å². The molecule has 0 spiro atoms. The maximum absolute atomic E-state index is 10.6. The quantitative estimate of drug-likeness (QED) is 0.484. The normalized spacial score (nSPS) is 26.1. The average molecular weight is 131 g/mol. The van der Waals surface area contributed by atoms with Crippen molar-refractivity contribution >= 4 is 5.97 Å². The van der Waals surface area contributed by atoms with Crippen molar-refractivity contribution in [2.45, 2.75) is 6.42 Å². The second-order valence-corrected chi connectivity index (χ2v) is 2.00. The Balaban J connectivity index is 2.32. The van der Waals surface area contributed by atoms with Crippen molar-refractivity contribution < 1.29 is 14.4 Å². The molecule has 1 atom stereocenters. The molecule has 0 aromatic carbocycles. The van der Waals surface area contributed by atoms with E-state index in [1.807, 2.05) is 0 Å². The monoisotopic (exact) mass is 131 g/mol. The van der Waals surface area contributed by atoms with Gasteiger partial charge >= 0.3 is 5.97 Å². The van der Waals surface area contributed by atoms with Crippen LogP contribution in [0.2, 0.25) is 0 Å². The summed E-state index contributed by atoms with van der Waals surface area (Å²) in [4.78, 5) is 14.6. The van der Waals surface area contributed by atoms with Crippen LogP contribution in [-0.4, -0.2) is 19.2 Å². The number of ether oxygens (including phenoxy) is 1. The van der Waals surface area contributed by atoms with Gasteiger partial charge in [0.25, 0.3) is 0 Å². The van der Waals surface area contributed by atoms with Crippen molar-refractivity contribution in [3.63, 3.8) is 0 Å². The molecule has 4 heteroatoms. The van der Waals surface area contributed by atoms with Crippen LogP contribution >= 0.6 is 0 Å². The maximum atomic E-state index is 10.6. The predicted octanol–water partition coefficient (Wildman–Crippen LogP) is -0.560. The Labute approximate surface area is 52.9 Å². The maximum Gasteiger partial charge on any atom is 0.329 e. The van der Waals surface area contributed by atoms with Crippen LogP contribution < -0.4 is 5.90 Å². The fourth-order valence-corrected chi connectivity index (χ4v) is 0.817. The number of hydrogen-bond donors (Lipinski definition) is 1. The molecule has 0 aromatic rings. The number of carbonyl (C=O) groups excluding carboxylic acids is 1. The van der Waals surface area contributed by atoms with Crippen LogP contribution in [0.5, 0.6) is 0 Å². The Morgan fingerprint density at radius 1 is 1.78 bits per heavy atom. The van der Waals surface area contributed by atoms with Gasteiger partial charge in [0.2, 0.25) is 0 Å². The molecule has 0 aromatic heterocycles. The molecule has 0 aliphatic carbocycles. The third kappa shape index (κ3) is 1.40. The summed E-state index contributed by atoms with van der Waals surface area (Å²) in [5.74, 6) is 4.15. The van der Waals surface area contributed by atoms with Gasteiger partial charge in [0.05, 0.1) is 12.5 Å². The van der Waals surface area contributed by atoms with E-state index in [0.717, 1.165) is 6.42 Å². The van der Waals surface area contributed by atoms with Crippen LogP contribution in [0.3, 0.4) is 0 Å². The summed E-state index contributed by atoms with van der Waals surface area (Å²) in [5, 5.41) is 0. The smallest absolute Gasteiger partial charge is 0.329 e. The number of rotatable bonds is 1. The largest absolute Gasteiger partial charge is 0.381 e. The Morgan fingerprint density at radius 2 is 2.56 bits per heavy atom. The van der Waals surface area contributed by atoms with Gasteiger partial charge in [-0.2, -0.15) is 5.90 Å². The predicted molar refractivity (Wildman–Crippen MR) is 29.2 cm³/mol. The topological polar surface area (TPSA) is 61.5 Å². The van der Waals surface area contributed by atoms with E-state index in [9.17, 15) is 4.79 Å². The van der Waals surface area contributed by atoms with Crippen LogP contribution in [0.25, 0.3) is 0 Å². The molecule has 52 valence electrons. The lowest BCUT2D eigenvalue weighted by Crippen LogP contribution is -2.20. The van der Waals surface area contributed by atoms with Crippen LogP contribution in [0, 0.1) is 5.92 Å². The SMILES string of the molecule is NOC(=O)C1CCOC1. The van der Waals surface area contributed by atoms with Crippen molar-refractivity contribution in [3.8, 4) is 0 Å². The highest BCUT2D eigenvalue weighted by Gasteiger charge is 2.24. The minimum absolute atomic E-state index is 0.130. The van der Waals surface area contributed by atoms with Crippen molar-refractivity contribution in [2.24, 2.45) is 11.8 Å². The Kier molecular flexibility index (Phi) is 2.02. The highest BCUT2D eigenvalue weighted by molar-refractivity contribution is 5.72. The summed E-state index contributed by atoms with van der Waals surface area (Å²) >= 11 is 0. The van der Waals surface area contributed by atoms with E-state index < -0.39 is 0 Å². The second-order valence-electron chi connectivity index (χ2n) is 2.00. The van der Waals surface area contributed by atoms with Crippen LogP contribution in [0.4, 0.5) is 0 Å². The summed E-state index contributed by atoms with van der Waals surface area (Å²) in [6.07, 6.45) is 0.732. The lowest BCUT2D eigenvalue weighted by Gasteiger charge is -2.00. The molecular weight excluding hydrogens is 122 g/mol. The molecule has 1 aliphatic rings. The summed E-state index contributed by atoms with van der Waals surface area (Å²) in [7, 11) is 0. The molecular formula is C5H9NO3. The van der Waals surface area contributed by atoms with Crippen molar-refractivity contribution in [3.05, 3.63) is 0 Å². The van der Waals surface area contributed by atoms with Gasteiger partial charge in [-0.05, 0) is 6.42 Å².